The molecule has 0 radical (unpaired) electrons. The number of rotatable bonds is 4. The van der Waals surface area contributed by atoms with Crippen LogP contribution in [0.25, 0.3) is 0 Å². The second-order valence-electron chi connectivity index (χ2n) is 6.49. The molecule has 0 aromatic heterocycles. The molecule has 4 nitrogen and oxygen atoms in total. The Labute approximate surface area is 147 Å². The van der Waals surface area contributed by atoms with Crippen molar-refractivity contribution < 1.29 is 9.79 Å². The first-order valence-electron chi connectivity index (χ1n) is 8.79. The molecule has 2 aromatic rings. The lowest BCUT2D eigenvalue weighted by molar-refractivity contribution is -0.406. The van der Waals surface area contributed by atoms with Crippen LogP contribution in [0.4, 0.5) is 0 Å². The van der Waals surface area contributed by atoms with E-state index in [1.165, 1.54) is 5.56 Å². The van der Waals surface area contributed by atoms with Gasteiger partial charge >= 0.3 is 0 Å². The van der Waals surface area contributed by atoms with Crippen molar-refractivity contribution >= 4 is 11.6 Å². The predicted octanol–water partition coefficient (Wildman–Crippen LogP) is 1.19. The zero-order chi connectivity index (χ0) is 17.2. The molecule has 4 rings (SSSR count). The van der Waals surface area contributed by atoms with Crippen LogP contribution < -0.4 is 10.3 Å². The van der Waals surface area contributed by atoms with Gasteiger partial charge in [-0.25, -0.2) is 4.99 Å². The fourth-order valence-corrected chi connectivity index (χ4v) is 3.46. The number of allylic oxidation sites excluding steroid dienone is 1. The van der Waals surface area contributed by atoms with Crippen molar-refractivity contribution in [1.82, 2.24) is 10.2 Å². The highest BCUT2D eigenvalue weighted by Gasteiger charge is 2.41. The lowest BCUT2D eigenvalue weighted by Crippen LogP contribution is -2.76. The summed E-state index contributed by atoms with van der Waals surface area (Å²) >= 11 is 0. The molecule has 1 amide bonds. The van der Waals surface area contributed by atoms with Crippen LogP contribution in [0.3, 0.4) is 0 Å². The molecular weight excluding hydrogens is 310 g/mol. The van der Waals surface area contributed by atoms with E-state index in [2.05, 4.69) is 34.6 Å². The first-order chi connectivity index (χ1) is 12.3. The minimum absolute atomic E-state index is 0.127. The quantitative estimate of drug-likeness (QED) is 0.884. The van der Waals surface area contributed by atoms with Crippen molar-refractivity contribution in [3.63, 3.8) is 0 Å². The van der Waals surface area contributed by atoms with Gasteiger partial charge in [0.25, 0.3) is 5.91 Å². The van der Waals surface area contributed by atoms with Crippen molar-refractivity contribution in [2.24, 2.45) is 0 Å². The van der Waals surface area contributed by atoms with Crippen LogP contribution in [0.1, 0.15) is 24.5 Å². The first-order valence-corrected chi connectivity index (χ1v) is 8.79. The number of nitrogens with zero attached hydrogens (tertiary/aromatic N) is 1. The Morgan fingerprint density at radius 1 is 1.08 bits per heavy atom. The molecule has 126 valence electrons. The van der Waals surface area contributed by atoms with Crippen LogP contribution in [0.15, 0.2) is 72.2 Å². The number of carbonyl (C=O) groups is 1. The highest BCUT2D eigenvalue weighted by atomic mass is 16.2. The molecule has 4 heteroatoms. The summed E-state index contributed by atoms with van der Waals surface area (Å²) in [5.41, 5.74) is 4.48. The van der Waals surface area contributed by atoms with E-state index in [-0.39, 0.29) is 11.9 Å². The Bertz CT molecular complexity index is 840. The van der Waals surface area contributed by atoms with E-state index in [0.717, 1.165) is 35.6 Å². The molecule has 0 bridgehead atoms. The predicted molar refractivity (Wildman–Crippen MR) is 97.6 cm³/mol. The van der Waals surface area contributed by atoms with Gasteiger partial charge in [-0.15, -0.1) is 0 Å². The van der Waals surface area contributed by atoms with E-state index in [0.29, 0.717) is 6.54 Å². The molecule has 0 spiro atoms. The third-order valence-electron chi connectivity index (χ3n) is 4.80. The van der Waals surface area contributed by atoms with E-state index >= 15 is 0 Å². The van der Waals surface area contributed by atoms with Gasteiger partial charge in [0.15, 0.2) is 5.82 Å². The molecule has 2 aliphatic rings. The standard InChI is InChI=1S/C21H21N3O/c1-2-17-21(25)24-14-19(16-11-7-4-8-12-16)22-18(20(24)23-17)13-15-9-5-3-6-10-15/h3-12,17,23H,2,13-14H2,1H3/p+1. The smallest absolute Gasteiger partial charge is 0.251 e. The summed E-state index contributed by atoms with van der Waals surface area (Å²) in [4.78, 5) is 18.2. The van der Waals surface area contributed by atoms with Gasteiger partial charge in [-0.2, -0.15) is 0 Å². The van der Waals surface area contributed by atoms with E-state index in [1.54, 1.807) is 0 Å². The number of carbonyl (C=O) groups excluding carboxylic acids is 1. The van der Waals surface area contributed by atoms with Crippen LogP contribution in [0.5, 0.6) is 0 Å². The summed E-state index contributed by atoms with van der Waals surface area (Å²) in [6, 6.07) is 20.4. The topological polar surface area (TPSA) is 46.3 Å². The summed E-state index contributed by atoms with van der Waals surface area (Å²) < 4.78 is 0. The molecule has 25 heavy (non-hydrogen) atoms. The molecular formula is C21H22N3O+. The average molecular weight is 332 g/mol. The molecule has 0 aliphatic carbocycles. The molecule has 0 saturated carbocycles. The van der Waals surface area contributed by atoms with Crippen LogP contribution >= 0.6 is 0 Å². The molecule has 2 N–H and O–H groups in total. The normalized spacial score (nSPS) is 19.6. The van der Waals surface area contributed by atoms with E-state index in [9.17, 15) is 4.79 Å². The molecule has 1 fully saturated rings. The number of hydrogen-bond donors (Lipinski definition) is 2. The van der Waals surface area contributed by atoms with E-state index < -0.39 is 0 Å². The number of hydrogen-bond acceptors (Lipinski definition) is 2. The molecule has 1 unspecified atom stereocenters. The van der Waals surface area contributed by atoms with Crippen molar-refractivity contribution in [1.29, 1.82) is 0 Å². The van der Waals surface area contributed by atoms with Crippen molar-refractivity contribution in [2.45, 2.75) is 25.8 Å². The van der Waals surface area contributed by atoms with Gasteiger partial charge < -0.3 is 5.32 Å². The van der Waals surface area contributed by atoms with E-state index in [4.69, 9.17) is 0 Å². The van der Waals surface area contributed by atoms with Gasteiger partial charge in [0.2, 0.25) is 11.4 Å². The molecule has 1 saturated heterocycles. The average Bonchev–Trinajstić information content (AvgIpc) is 3.00. The van der Waals surface area contributed by atoms with Crippen LogP contribution in [-0.4, -0.2) is 29.1 Å². The van der Waals surface area contributed by atoms with E-state index in [1.807, 2.05) is 48.2 Å². The Morgan fingerprint density at radius 3 is 2.44 bits per heavy atom. The summed E-state index contributed by atoms with van der Waals surface area (Å²) in [6.07, 6.45) is 1.55. The summed E-state index contributed by atoms with van der Waals surface area (Å²) in [7, 11) is 0. The summed E-state index contributed by atoms with van der Waals surface area (Å²) in [5, 5.41) is 3.41. The summed E-state index contributed by atoms with van der Waals surface area (Å²) in [5.74, 6) is 1.10. The van der Waals surface area contributed by atoms with Gasteiger partial charge in [-0.3, -0.25) is 9.69 Å². The van der Waals surface area contributed by atoms with Gasteiger partial charge in [0.05, 0.1) is 6.42 Å². The Balaban J connectivity index is 1.75. The van der Waals surface area contributed by atoms with Crippen LogP contribution in [-0.2, 0) is 11.2 Å². The monoisotopic (exact) mass is 332 g/mol. The first kappa shape index (κ1) is 15.6. The number of amides is 1. The number of fused-ring (bicyclic) bond motifs is 1. The maximum absolute atomic E-state index is 12.7. The highest BCUT2D eigenvalue weighted by Crippen LogP contribution is 2.21. The Kier molecular flexibility index (Phi) is 4.10. The lowest BCUT2D eigenvalue weighted by Gasteiger charge is -2.20. The molecule has 2 heterocycles. The maximum atomic E-state index is 12.7. The SMILES string of the molecule is CCC1NC2=C(Cc3ccccc3)[NH+]=C(c3ccccc3)CN2C1=O. The lowest BCUT2D eigenvalue weighted by atomic mass is 10.1. The fraction of sp³-hybridized carbons (Fsp3) is 0.238. The van der Waals surface area contributed by atoms with Crippen molar-refractivity contribution in [3.8, 4) is 0 Å². The summed E-state index contributed by atoms with van der Waals surface area (Å²) in [6.45, 7) is 2.63. The minimum atomic E-state index is -0.127. The van der Waals surface area contributed by atoms with Gasteiger partial charge in [-0.1, -0.05) is 55.5 Å². The van der Waals surface area contributed by atoms with Gasteiger partial charge in [0, 0.05) is 5.56 Å². The number of nitrogens with one attached hydrogen (secondary N) is 2. The van der Waals surface area contributed by atoms with Crippen molar-refractivity contribution in [3.05, 3.63) is 83.3 Å². The second kappa shape index (κ2) is 6.55. The van der Waals surface area contributed by atoms with Gasteiger partial charge in [-0.05, 0) is 24.1 Å². The van der Waals surface area contributed by atoms with Crippen LogP contribution in [0, 0.1) is 0 Å². The van der Waals surface area contributed by atoms with Crippen LogP contribution in [0.2, 0.25) is 0 Å². The molecule has 2 aliphatic heterocycles. The largest absolute Gasteiger partial charge is 0.354 e. The third-order valence-corrected chi connectivity index (χ3v) is 4.80. The fourth-order valence-electron chi connectivity index (χ4n) is 3.46. The zero-order valence-corrected chi connectivity index (χ0v) is 14.3. The third kappa shape index (κ3) is 2.95. The second-order valence-corrected chi connectivity index (χ2v) is 6.49. The minimum Gasteiger partial charge on any atom is -0.354 e. The molecule has 1 atom stereocenters. The number of benzene rings is 2. The van der Waals surface area contributed by atoms with Crippen molar-refractivity contribution in [2.75, 3.05) is 6.54 Å². The van der Waals surface area contributed by atoms with Gasteiger partial charge in [0.1, 0.15) is 12.6 Å². The Morgan fingerprint density at radius 2 is 1.76 bits per heavy atom. The maximum Gasteiger partial charge on any atom is 0.251 e. The molecule has 2 aromatic carbocycles. The Hall–Kier alpha value is -2.88. The zero-order valence-electron chi connectivity index (χ0n) is 14.3. The highest BCUT2D eigenvalue weighted by molar-refractivity contribution is 6.01.